The lowest BCUT2D eigenvalue weighted by molar-refractivity contribution is 0.0600. The van der Waals surface area contributed by atoms with Gasteiger partial charge in [-0.2, -0.15) is 0 Å². The van der Waals surface area contributed by atoms with Crippen molar-refractivity contribution < 1.29 is 9.53 Å². The first-order valence-electron chi connectivity index (χ1n) is 6.39. The van der Waals surface area contributed by atoms with E-state index >= 15 is 0 Å². The summed E-state index contributed by atoms with van der Waals surface area (Å²) in [5, 5.41) is 8.02. The maximum absolute atomic E-state index is 11.3. The fourth-order valence-corrected chi connectivity index (χ4v) is 1.73. The van der Waals surface area contributed by atoms with Crippen LogP contribution in [0.15, 0.2) is 36.4 Å². The molecule has 0 atom stereocenters. The molecule has 4 heteroatoms. The molecular weight excluding hydrogens is 240 g/mol. The molecule has 1 aliphatic heterocycles. The molecule has 1 heterocycles. The minimum Gasteiger partial charge on any atom is -0.465 e. The topological polar surface area (TPSA) is 53.4 Å². The van der Waals surface area contributed by atoms with Crippen LogP contribution >= 0.6 is 0 Å². The third kappa shape index (κ3) is 3.68. The molecule has 19 heavy (non-hydrogen) atoms. The largest absolute Gasteiger partial charge is 0.465 e. The number of nitrogens with zero attached hydrogens (tertiary/aromatic N) is 1. The molecular formula is C15H20N2O2. The summed E-state index contributed by atoms with van der Waals surface area (Å²) < 4.78 is 4.62. The van der Waals surface area contributed by atoms with Gasteiger partial charge in [0.05, 0.1) is 12.7 Å². The normalized spacial score (nSPS) is 12.7. The van der Waals surface area contributed by atoms with Crippen LogP contribution in [0.2, 0.25) is 0 Å². The number of esters is 1. The first kappa shape index (κ1) is 15.0. The Morgan fingerprint density at radius 3 is 2.05 bits per heavy atom. The van der Waals surface area contributed by atoms with E-state index in [2.05, 4.69) is 4.74 Å². The van der Waals surface area contributed by atoms with E-state index in [0.717, 1.165) is 18.7 Å². The molecule has 1 aliphatic rings. The van der Waals surface area contributed by atoms with Gasteiger partial charge in [0.2, 0.25) is 0 Å². The first-order chi connectivity index (χ1) is 9.22. The van der Waals surface area contributed by atoms with Crippen LogP contribution < -0.4 is 0 Å². The Labute approximate surface area is 114 Å². The predicted octanol–water partition coefficient (Wildman–Crippen LogP) is 2.70. The van der Waals surface area contributed by atoms with Gasteiger partial charge in [0.25, 0.3) is 0 Å². The molecule has 0 unspecified atom stereocenters. The molecule has 2 rings (SSSR count). The van der Waals surface area contributed by atoms with E-state index in [1.807, 2.05) is 30.9 Å². The minimum absolute atomic E-state index is 0.356. The van der Waals surface area contributed by atoms with Crippen LogP contribution in [0.1, 0.15) is 29.8 Å². The van der Waals surface area contributed by atoms with Gasteiger partial charge in [0.1, 0.15) is 5.84 Å². The van der Waals surface area contributed by atoms with Gasteiger partial charge in [-0.3, -0.25) is 5.41 Å². The summed E-state index contributed by atoms with van der Waals surface area (Å²) >= 11 is 0. The molecule has 0 radical (unpaired) electrons. The van der Waals surface area contributed by atoms with Crippen LogP contribution in [0.25, 0.3) is 0 Å². The first-order valence-corrected chi connectivity index (χ1v) is 6.39. The number of ether oxygens (including phenoxy) is 1. The van der Waals surface area contributed by atoms with Crippen LogP contribution in [0.5, 0.6) is 0 Å². The zero-order valence-corrected chi connectivity index (χ0v) is 11.6. The van der Waals surface area contributed by atoms with Gasteiger partial charge >= 0.3 is 5.97 Å². The molecule has 0 fully saturated rings. The second kappa shape index (κ2) is 7.36. The number of rotatable bonds is 2. The SMILES string of the molecule is CC.COC(=O)c1ccc(C(=N)N2CC=CC2)cc1. The number of methoxy groups -OCH3 is 1. The van der Waals surface area contributed by atoms with Crippen molar-refractivity contribution in [3.05, 3.63) is 47.5 Å². The Hall–Kier alpha value is -2.10. The van der Waals surface area contributed by atoms with Crippen molar-refractivity contribution in [2.24, 2.45) is 0 Å². The van der Waals surface area contributed by atoms with Gasteiger partial charge in [-0.25, -0.2) is 4.79 Å². The smallest absolute Gasteiger partial charge is 0.337 e. The molecule has 1 aromatic rings. The van der Waals surface area contributed by atoms with E-state index in [-0.39, 0.29) is 5.97 Å². The van der Waals surface area contributed by atoms with Crippen molar-refractivity contribution in [2.75, 3.05) is 20.2 Å². The van der Waals surface area contributed by atoms with Crippen LogP contribution in [-0.2, 0) is 4.74 Å². The molecule has 0 spiro atoms. The second-order valence-corrected chi connectivity index (χ2v) is 3.79. The predicted molar refractivity (Wildman–Crippen MR) is 76.7 cm³/mol. The maximum Gasteiger partial charge on any atom is 0.337 e. The van der Waals surface area contributed by atoms with Gasteiger partial charge in [0, 0.05) is 18.7 Å². The Morgan fingerprint density at radius 2 is 1.58 bits per heavy atom. The van der Waals surface area contributed by atoms with E-state index in [0.29, 0.717) is 11.4 Å². The monoisotopic (exact) mass is 260 g/mol. The highest BCUT2D eigenvalue weighted by molar-refractivity contribution is 5.98. The van der Waals surface area contributed by atoms with Gasteiger partial charge in [0.15, 0.2) is 0 Å². The highest BCUT2D eigenvalue weighted by Gasteiger charge is 2.13. The molecule has 1 aromatic carbocycles. The van der Waals surface area contributed by atoms with Crippen molar-refractivity contribution in [1.29, 1.82) is 5.41 Å². The summed E-state index contributed by atoms with van der Waals surface area (Å²) in [6, 6.07) is 6.90. The average molecular weight is 260 g/mol. The van der Waals surface area contributed by atoms with Crippen LogP contribution in [0, 0.1) is 5.41 Å². The number of hydrogen-bond acceptors (Lipinski definition) is 3. The fourth-order valence-electron chi connectivity index (χ4n) is 1.73. The number of amidine groups is 1. The molecule has 1 N–H and O–H groups in total. The van der Waals surface area contributed by atoms with Crippen molar-refractivity contribution in [2.45, 2.75) is 13.8 Å². The Balaban J connectivity index is 0.000000861. The van der Waals surface area contributed by atoms with Gasteiger partial charge in [-0.05, 0) is 12.1 Å². The lowest BCUT2D eigenvalue weighted by Crippen LogP contribution is -2.28. The van der Waals surface area contributed by atoms with Crippen molar-refractivity contribution in [3.8, 4) is 0 Å². The van der Waals surface area contributed by atoms with Gasteiger partial charge in [-0.15, -0.1) is 0 Å². The lowest BCUT2D eigenvalue weighted by atomic mass is 10.1. The van der Waals surface area contributed by atoms with Crippen molar-refractivity contribution in [1.82, 2.24) is 4.90 Å². The molecule has 0 amide bonds. The quantitative estimate of drug-likeness (QED) is 0.385. The highest BCUT2D eigenvalue weighted by atomic mass is 16.5. The number of nitrogens with one attached hydrogen (secondary N) is 1. The van der Waals surface area contributed by atoms with E-state index < -0.39 is 0 Å². The molecule has 102 valence electrons. The van der Waals surface area contributed by atoms with E-state index in [1.165, 1.54) is 7.11 Å². The summed E-state index contributed by atoms with van der Waals surface area (Å²) in [6.07, 6.45) is 4.08. The number of benzene rings is 1. The number of carbonyl (C=O) groups is 1. The fraction of sp³-hybridized carbons (Fsp3) is 0.333. The standard InChI is InChI=1S/C13H14N2O2.C2H6/c1-17-13(16)11-6-4-10(5-7-11)12(14)15-8-2-3-9-15;1-2/h2-7,14H,8-9H2,1H3;1-2H3. The summed E-state index contributed by atoms with van der Waals surface area (Å²) in [5.74, 6) is 0.123. The van der Waals surface area contributed by atoms with Crippen molar-refractivity contribution >= 4 is 11.8 Å². The molecule has 0 saturated heterocycles. The molecule has 0 saturated carbocycles. The zero-order valence-electron chi connectivity index (χ0n) is 11.6. The third-order valence-corrected chi connectivity index (χ3v) is 2.71. The Kier molecular flexibility index (Phi) is 5.79. The molecule has 4 nitrogen and oxygen atoms in total. The van der Waals surface area contributed by atoms with Gasteiger partial charge < -0.3 is 9.64 Å². The van der Waals surface area contributed by atoms with E-state index in [9.17, 15) is 4.79 Å². The minimum atomic E-state index is -0.356. The highest BCUT2D eigenvalue weighted by Crippen LogP contribution is 2.10. The van der Waals surface area contributed by atoms with E-state index in [1.54, 1.807) is 24.3 Å². The van der Waals surface area contributed by atoms with Crippen molar-refractivity contribution in [3.63, 3.8) is 0 Å². The summed E-state index contributed by atoms with van der Waals surface area (Å²) in [6.45, 7) is 5.55. The average Bonchev–Trinajstić information content (AvgIpc) is 3.02. The van der Waals surface area contributed by atoms with Crippen LogP contribution in [0.3, 0.4) is 0 Å². The maximum atomic E-state index is 11.3. The summed E-state index contributed by atoms with van der Waals surface area (Å²) in [7, 11) is 1.36. The number of hydrogen-bond donors (Lipinski definition) is 1. The third-order valence-electron chi connectivity index (χ3n) is 2.71. The molecule has 0 aromatic heterocycles. The van der Waals surface area contributed by atoms with Gasteiger partial charge in [-0.1, -0.05) is 38.1 Å². The van der Waals surface area contributed by atoms with E-state index in [4.69, 9.17) is 5.41 Å². The van der Waals surface area contributed by atoms with Crippen LogP contribution in [-0.4, -0.2) is 36.9 Å². The lowest BCUT2D eigenvalue weighted by Gasteiger charge is -2.18. The number of carbonyl (C=O) groups excluding carboxylic acids is 1. The Morgan fingerprint density at radius 1 is 1.11 bits per heavy atom. The second-order valence-electron chi connectivity index (χ2n) is 3.79. The molecule has 0 bridgehead atoms. The van der Waals surface area contributed by atoms with Crippen LogP contribution in [0.4, 0.5) is 0 Å². The Bertz CT molecular complexity index is 456. The zero-order chi connectivity index (χ0) is 14.3. The summed E-state index contributed by atoms with van der Waals surface area (Å²) in [4.78, 5) is 13.2. The summed E-state index contributed by atoms with van der Waals surface area (Å²) in [5.41, 5.74) is 1.31. The molecule has 0 aliphatic carbocycles.